The second-order valence-electron chi connectivity index (χ2n) is 5.90. The number of hydrogen-bond donors (Lipinski definition) is 0. The van der Waals surface area contributed by atoms with Crippen molar-refractivity contribution in [1.29, 1.82) is 0 Å². The Hall–Kier alpha value is -3.28. The van der Waals surface area contributed by atoms with E-state index in [4.69, 9.17) is 13.9 Å². The van der Waals surface area contributed by atoms with Gasteiger partial charge in [0.2, 0.25) is 11.2 Å². The van der Waals surface area contributed by atoms with Crippen molar-refractivity contribution >= 4 is 16.9 Å². The van der Waals surface area contributed by atoms with E-state index in [0.29, 0.717) is 22.3 Å². The first kappa shape index (κ1) is 17.5. The zero-order valence-electron chi connectivity index (χ0n) is 14.6. The molecule has 3 rings (SSSR count). The number of aliphatic carboxylic acids is 1. The highest BCUT2D eigenvalue weighted by Crippen LogP contribution is 2.32. The van der Waals surface area contributed by atoms with Crippen LogP contribution in [0.25, 0.3) is 22.3 Å². The largest absolute Gasteiger partial charge is 0.546 e. The molecule has 0 fully saturated rings. The molecule has 0 amide bonds. The zero-order valence-corrected chi connectivity index (χ0v) is 14.6. The summed E-state index contributed by atoms with van der Waals surface area (Å²) in [7, 11) is 1.55. The third-order valence-corrected chi connectivity index (χ3v) is 3.98. The lowest BCUT2D eigenvalue weighted by Gasteiger charge is -2.17. The third kappa shape index (κ3) is 3.26. The van der Waals surface area contributed by atoms with Gasteiger partial charge in [0.25, 0.3) is 0 Å². The maximum absolute atomic E-state index is 12.9. The van der Waals surface area contributed by atoms with E-state index in [1.807, 2.05) is 13.0 Å². The molecule has 0 aliphatic carbocycles. The molecular formula is C20H17O6-. The van der Waals surface area contributed by atoms with Crippen molar-refractivity contribution in [2.75, 3.05) is 7.11 Å². The Balaban J connectivity index is 2.25. The van der Waals surface area contributed by atoms with E-state index in [1.54, 1.807) is 43.5 Å². The third-order valence-electron chi connectivity index (χ3n) is 3.98. The number of hydrogen-bond acceptors (Lipinski definition) is 6. The number of carbonyl (C=O) groups excluding carboxylic acids is 1. The number of fused-ring (bicyclic) bond motifs is 1. The van der Waals surface area contributed by atoms with Crippen LogP contribution in [0.4, 0.5) is 0 Å². The second-order valence-corrected chi connectivity index (χ2v) is 5.90. The van der Waals surface area contributed by atoms with Gasteiger partial charge >= 0.3 is 0 Å². The van der Waals surface area contributed by atoms with E-state index in [1.165, 1.54) is 6.92 Å². The quantitative estimate of drug-likeness (QED) is 0.699. The van der Waals surface area contributed by atoms with Crippen molar-refractivity contribution in [2.24, 2.45) is 0 Å². The SMILES string of the molecule is COc1ccc(-c2oc3ccc(C)cc3c(=O)c2OC(C)C(=O)[O-])cc1. The molecule has 26 heavy (non-hydrogen) atoms. The predicted octanol–water partition coefficient (Wildman–Crippen LogP) is 2.29. The molecule has 0 bridgehead atoms. The first-order valence-electron chi connectivity index (χ1n) is 8.00. The van der Waals surface area contributed by atoms with Gasteiger partial charge in [0.1, 0.15) is 17.4 Å². The van der Waals surface area contributed by atoms with Gasteiger partial charge in [-0.1, -0.05) is 11.6 Å². The fourth-order valence-corrected chi connectivity index (χ4v) is 2.56. The van der Waals surface area contributed by atoms with Gasteiger partial charge in [0.05, 0.1) is 18.5 Å². The van der Waals surface area contributed by atoms with Gasteiger partial charge in [-0.05, 0) is 50.2 Å². The molecule has 0 aliphatic rings. The van der Waals surface area contributed by atoms with Crippen LogP contribution in [0.3, 0.4) is 0 Å². The van der Waals surface area contributed by atoms with Crippen LogP contribution in [0.15, 0.2) is 51.7 Å². The molecular weight excluding hydrogens is 336 g/mol. The molecule has 6 heteroatoms. The Kier molecular flexibility index (Phi) is 4.67. The first-order valence-corrected chi connectivity index (χ1v) is 8.00. The number of rotatable bonds is 5. The fourth-order valence-electron chi connectivity index (χ4n) is 2.56. The van der Waals surface area contributed by atoms with Crippen molar-refractivity contribution in [3.8, 4) is 22.8 Å². The molecule has 6 nitrogen and oxygen atoms in total. The van der Waals surface area contributed by atoms with Gasteiger partial charge in [-0.25, -0.2) is 0 Å². The summed E-state index contributed by atoms with van der Waals surface area (Å²) >= 11 is 0. The van der Waals surface area contributed by atoms with E-state index in [9.17, 15) is 14.7 Å². The average Bonchev–Trinajstić information content (AvgIpc) is 2.64. The van der Waals surface area contributed by atoms with Crippen LogP contribution in [-0.4, -0.2) is 19.2 Å². The topological polar surface area (TPSA) is 88.8 Å². The molecule has 0 radical (unpaired) electrons. The van der Waals surface area contributed by atoms with Crippen LogP contribution in [-0.2, 0) is 4.79 Å². The predicted molar refractivity (Wildman–Crippen MR) is 94.3 cm³/mol. The molecule has 0 spiro atoms. The molecule has 0 saturated heterocycles. The van der Waals surface area contributed by atoms with Crippen LogP contribution in [0.2, 0.25) is 0 Å². The maximum atomic E-state index is 12.9. The summed E-state index contributed by atoms with van der Waals surface area (Å²) in [5.74, 6) is -0.792. The van der Waals surface area contributed by atoms with E-state index in [2.05, 4.69) is 0 Å². The Bertz CT molecular complexity index is 1020. The van der Waals surface area contributed by atoms with Crippen molar-refractivity contribution < 1.29 is 23.8 Å². The fraction of sp³-hybridized carbons (Fsp3) is 0.200. The lowest BCUT2D eigenvalue weighted by molar-refractivity contribution is -0.312. The van der Waals surface area contributed by atoms with Crippen LogP contribution in [0.1, 0.15) is 12.5 Å². The van der Waals surface area contributed by atoms with Gasteiger partial charge in [0.15, 0.2) is 5.76 Å². The van der Waals surface area contributed by atoms with E-state index >= 15 is 0 Å². The number of carboxylic acid groups (broad SMARTS) is 1. The highest BCUT2D eigenvalue weighted by molar-refractivity contribution is 5.83. The molecule has 1 heterocycles. The number of carboxylic acids is 1. The van der Waals surface area contributed by atoms with Crippen LogP contribution in [0.5, 0.6) is 11.5 Å². The van der Waals surface area contributed by atoms with Crippen molar-refractivity contribution in [3.05, 3.63) is 58.3 Å². The summed E-state index contributed by atoms with van der Waals surface area (Å²) in [4.78, 5) is 24.0. The van der Waals surface area contributed by atoms with Crippen LogP contribution in [0, 0.1) is 6.92 Å². The summed E-state index contributed by atoms with van der Waals surface area (Å²) in [6.45, 7) is 3.15. The molecule has 134 valence electrons. The molecule has 1 unspecified atom stereocenters. The molecule has 3 aromatic rings. The minimum absolute atomic E-state index is 0.155. The number of aryl methyl sites for hydroxylation is 1. The van der Waals surface area contributed by atoms with Crippen molar-refractivity contribution in [2.45, 2.75) is 20.0 Å². The zero-order chi connectivity index (χ0) is 18.8. The molecule has 2 aromatic carbocycles. The van der Waals surface area contributed by atoms with E-state index in [0.717, 1.165) is 5.56 Å². The monoisotopic (exact) mass is 353 g/mol. The smallest absolute Gasteiger partial charge is 0.235 e. The summed E-state index contributed by atoms with van der Waals surface area (Å²) in [6, 6.07) is 12.0. The van der Waals surface area contributed by atoms with E-state index < -0.39 is 17.5 Å². The molecule has 1 atom stereocenters. The molecule has 1 aromatic heterocycles. The molecule has 0 N–H and O–H groups in total. The standard InChI is InChI=1S/C20H18O6/c1-11-4-9-16-15(10-11)17(21)19(25-12(2)20(22)23)18(26-16)13-5-7-14(24-3)8-6-13/h4-10,12H,1-3H3,(H,22,23)/p-1. The number of ether oxygens (including phenoxy) is 2. The van der Waals surface area contributed by atoms with Crippen molar-refractivity contribution in [1.82, 2.24) is 0 Å². The van der Waals surface area contributed by atoms with Crippen LogP contribution < -0.4 is 20.0 Å². The summed E-state index contributed by atoms with van der Waals surface area (Å²) in [6.07, 6.45) is -1.31. The average molecular weight is 353 g/mol. The number of methoxy groups -OCH3 is 1. The van der Waals surface area contributed by atoms with Gasteiger partial charge in [-0.3, -0.25) is 4.79 Å². The Morgan fingerprint density at radius 2 is 1.85 bits per heavy atom. The first-order chi connectivity index (χ1) is 12.4. The highest BCUT2D eigenvalue weighted by Gasteiger charge is 2.20. The van der Waals surface area contributed by atoms with Gasteiger partial charge in [-0.15, -0.1) is 0 Å². The minimum Gasteiger partial charge on any atom is -0.546 e. The Labute approximate surface area is 149 Å². The van der Waals surface area contributed by atoms with E-state index in [-0.39, 0.29) is 11.5 Å². The van der Waals surface area contributed by atoms with Crippen LogP contribution >= 0.6 is 0 Å². The molecule has 0 saturated carbocycles. The lowest BCUT2D eigenvalue weighted by Crippen LogP contribution is -2.38. The molecule has 0 aliphatic heterocycles. The minimum atomic E-state index is -1.42. The summed E-state index contributed by atoms with van der Waals surface area (Å²) in [5.41, 5.74) is 1.39. The summed E-state index contributed by atoms with van der Waals surface area (Å²) < 4.78 is 16.4. The van der Waals surface area contributed by atoms with Gasteiger partial charge in [-0.2, -0.15) is 0 Å². The van der Waals surface area contributed by atoms with Gasteiger partial charge in [0, 0.05) is 5.56 Å². The van der Waals surface area contributed by atoms with Crippen molar-refractivity contribution in [3.63, 3.8) is 0 Å². The Morgan fingerprint density at radius 3 is 2.46 bits per heavy atom. The lowest BCUT2D eigenvalue weighted by atomic mass is 10.1. The second kappa shape index (κ2) is 6.92. The maximum Gasteiger partial charge on any atom is 0.235 e. The summed E-state index contributed by atoms with van der Waals surface area (Å²) in [5, 5.41) is 11.4. The highest BCUT2D eigenvalue weighted by atomic mass is 16.5. The number of benzene rings is 2. The normalized spacial score (nSPS) is 12.0. The number of carbonyl (C=O) groups is 1. The van der Waals surface area contributed by atoms with Gasteiger partial charge < -0.3 is 23.8 Å². The Morgan fingerprint density at radius 1 is 1.15 bits per heavy atom.